The molecule has 2 amide bonds. The molecule has 2 aliphatic rings. The molecular weight excluding hydrogens is 400 g/mol. The van der Waals surface area contributed by atoms with Crippen LogP contribution in [-0.2, 0) is 20.5 Å². The molecule has 0 spiro atoms. The quantitative estimate of drug-likeness (QED) is 0.541. The number of nitrogens with two attached hydrogens (primary N) is 1. The lowest BCUT2D eigenvalue weighted by Crippen LogP contribution is -2.56. The molecule has 0 aromatic heterocycles. The lowest BCUT2D eigenvalue weighted by Gasteiger charge is -2.41. The number of nitrogens with zero attached hydrogens (tertiary/aromatic N) is 1. The van der Waals surface area contributed by atoms with Crippen LogP contribution in [0.4, 0.5) is 5.69 Å². The fraction of sp³-hybridized carbons (Fsp3) is 0.615. The van der Waals surface area contributed by atoms with Gasteiger partial charge in [0.2, 0.25) is 5.91 Å². The predicted octanol–water partition coefficient (Wildman–Crippen LogP) is 4.04. The van der Waals surface area contributed by atoms with Crippen LogP contribution in [0.15, 0.2) is 29.8 Å². The number of amides is 2. The van der Waals surface area contributed by atoms with Crippen LogP contribution < -0.4 is 21.5 Å². The number of benzene rings is 1. The molecule has 32 heavy (non-hydrogen) atoms. The molecule has 0 saturated carbocycles. The average molecular weight is 441 g/mol. The van der Waals surface area contributed by atoms with E-state index in [1.165, 1.54) is 11.3 Å². The molecule has 2 atom stereocenters. The highest BCUT2D eigenvalue weighted by Gasteiger charge is 2.42. The lowest BCUT2D eigenvalue weighted by atomic mass is 9.74. The minimum atomic E-state index is -0.491. The molecular formula is C26H40N4O2. The maximum absolute atomic E-state index is 12.2. The van der Waals surface area contributed by atoms with E-state index in [0.717, 1.165) is 49.8 Å². The number of anilines is 1. The fourth-order valence-corrected chi connectivity index (χ4v) is 5.41. The van der Waals surface area contributed by atoms with Crippen LogP contribution in [0.2, 0.25) is 0 Å². The zero-order valence-electron chi connectivity index (χ0n) is 20.5. The summed E-state index contributed by atoms with van der Waals surface area (Å²) >= 11 is 0. The summed E-state index contributed by atoms with van der Waals surface area (Å²) in [5.74, 6) is -0.461. The van der Waals surface area contributed by atoms with Crippen molar-refractivity contribution in [2.24, 2.45) is 11.7 Å². The third-order valence-electron chi connectivity index (χ3n) is 7.35. The topological polar surface area (TPSA) is 87.5 Å². The molecule has 6 heteroatoms. The summed E-state index contributed by atoms with van der Waals surface area (Å²) in [6, 6.07) is 7.21. The first-order valence-corrected chi connectivity index (χ1v) is 12.0. The van der Waals surface area contributed by atoms with E-state index in [9.17, 15) is 9.59 Å². The first-order valence-electron chi connectivity index (χ1n) is 12.0. The highest BCUT2D eigenvalue weighted by Crippen LogP contribution is 2.45. The molecule has 0 saturated heterocycles. The molecule has 1 aromatic carbocycles. The van der Waals surface area contributed by atoms with Crippen molar-refractivity contribution in [3.05, 3.63) is 41.0 Å². The molecule has 3 rings (SSSR count). The molecule has 2 heterocycles. The van der Waals surface area contributed by atoms with Crippen molar-refractivity contribution in [2.45, 2.75) is 90.6 Å². The molecule has 6 nitrogen and oxygen atoms in total. The van der Waals surface area contributed by atoms with Crippen LogP contribution >= 0.6 is 0 Å². The van der Waals surface area contributed by atoms with E-state index in [2.05, 4.69) is 68.6 Å². The number of hydrogen-bond donors (Lipinski definition) is 3. The number of rotatable bonds is 9. The van der Waals surface area contributed by atoms with Gasteiger partial charge in [-0.1, -0.05) is 46.2 Å². The smallest absolute Gasteiger partial charge is 0.258 e. The second-order valence-electron chi connectivity index (χ2n) is 10.3. The molecule has 0 aliphatic carbocycles. The number of fused-ring (bicyclic) bond motifs is 1. The van der Waals surface area contributed by atoms with E-state index in [0.29, 0.717) is 6.04 Å². The van der Waals surface area contributed by atoms with E-state index in [1.807, 2.05) is 6.92 Å². The fourth-order valence-electron chi connectivity index (χ4n) is 5.41. The standard InChI is InChI=1S/C26H40N4O2/c1-7-18(24(27)32)10-9-13-26(19(8-2)15-23(31)28-29-26)20-11-12-22-21(14-20)25(5,6)16-30(22)17(3)4/h11-12,14-15,17-18,29H,7-10,13,16H2,1-6H3,(H2,27,32)(H,28,31). The monoisotopic (exact) mass is 440 g/mol. The van der Waals surface area contributed by atoms with Gasteiger partial charge in [-0.05, 0) is 62.3 Å². The van der Waals surface area contributed by atoms with E-state index < -0.39 is 5.54 Å². The van der Waals surface area contributed by atoms with E-state index in [4.69, 9.17) is 5.73 Å². The first kappa shape index (κ1) is 24.3. The number of nitrogens with one attached hydrogen (secondary N) is 2. The molecule has 176 valence electrons. The zero-order chi connectivity index (χ0) is 23.7. The van der Waals surface area contributed by atoms with Gasteiger partial charge in [-0.3, -0.25) is 15.0 Å². The Bertz CT molecular complexity index is 905. The maximum atomic E-state index is 12.2. The van der Waals surface area contributed by atoms with Crippen LogP contribution in [0.3, 0.4) is 0 Å². The summed E-state index contributed by atoms with van der Waals surface area (Å²) in [4.78, 5) is 26.4. The minimum absolute atomic E-state index is 0.0457. The van der Waals surface area contributed by atoms with Gasteiger partial charge in [0.15, 0.2) is 0 Å². The average Bonchev–Trinajstić information content (AvgIpc) is 3.02. The molecule has 2 unspecified atom stereocenters. The first-order chi connectivity index (χ1) is 15.1. The van der Waals surface area contributed by atoms with Crippen molar-refractivity contribution in [3.63, 3.8) is 0 Å². The Hall–Kier alpha value is -2.34. The second-order valence-corrected chi connectivity index (χ2v) is 10.3. The highest BCUT2D eigenvalue weighted by atomic mass is 16.2. The van der Waals surface area contributed by atoms with Crippen LogP contribution in [0.5, 0.6) is 0 Å². The van der Waals surface area contributed by atoms with Crippen molar-refractivity contribution in [2.75, 3.05) is 11.4 Å². The van der Waals surface area contributed by atoms with Crippen molar-refractivity contribution < 1.29 is 9.59 Å². The summed E-state index contributed by atoms with van der Waals surface area (Å²) in [7, 11) is 0. The highest BCUT2D eigenvalue weighted by molar-refractivity contribution is 5.89. The molecule has 0 bridgehead atoms. The summed E-state index contributed by atoms with van der Waals surface area (Å²) in [5, 5.41) is 0. The van der Waals surface area contributed by atoms with Crippen LogP contribution in [-0.4, -0.2) is 24.4 Å². The van der Waals surface area contributed by atoms with Crippen LogP contribution in [0.25, 0.3) is 0 Å². The zero-order valence-corrected chi connectivity index (χ0v) is 20.5. The Balaban J connectivity index is 2.03. The van der Waals surface area contributed by atoms with Crippen molar-refractivity contribution in [1.29, 1.82) is 0 Å². The largest absolute Gasteiger partial charge is 0.369 e. The lowest BCUT2D eigenvalue weighted by molar-refractivity contribution is -0.122. The van der Waals surface area contributed by atoms with E-state index >= 15 is 0 Å². The number of hydrazine groups is 1. The molecule has 0 radical (unpaired) electrons. The van der Waals surface area contributed by atoms with Gasteiger partial charge in [-0.2, -0.15) is 0 Å². The normalized spacial score (nSPS) is 23.0. The van der Waals surface area contributed by atoms with Gasteiger partial charge < -0.3 is 10.6 Å². The third-order valence-corrected chi connectivity index (χ3v) is 7.35. The summed E-state index contributed by atoms with van der Waals surface area (Å²) in [6.07, 6.45) is 5.62. The molecule has 2 aliphatic heterocycles. The Morgan fingerprint density at radius 3 is 2.56 bits per heavy atom. The number of carbonyl (C=O) groups excluding carboxylic acids is 2. The Morgan fingerprint density at radius 2 is 1.97 bits per heavy atom. The Kier molecular flexibility index (Phi) is 7.03. The maximum Gasteiger partial charge on any atom is 0.258 e. The van der Waals surface area contributed by atoms with E-state index in [1.54, 1.807) is 6.08 Å². The molecule has 4 N–H and O–H groups in total. The molecule has 0 fully saturated rings. The van der Waals surface area contributed by atoms with Gasteiger partial charge >= 0.3 is 0 Å². The third kappa shape index (κ3) is 4.42. The van der Waals surface area contributed by atoms with Gasteiger partial charge in [0.1, 0.15) is 0 Å². The van der Waals surface area contributed by atoms with Crippen molar-refractivity contribution in [3.8, 4) is 0 Å². The number of hydrogen-bond acceptors (Lipinski definition) is 4. The van der Waals surface area contributed by atoms with Gasteiger partial charge in [-0.15, -0.1) is 0 Å². The van der Waals surface area contributed by atoms with Crippen molar-refractivity contribution in [1.82, 2.24) is 10.9 Å². The summed E-state index contributed by atoms with van der Waals surface area (Å²) in [6.45, 7) is 14.2. The van der Waals surface area contributed by atoms with Crippen molar-refractivity contribution >= 4 is 17.5 Å². The van der Waals surface area contributed by atoms with Gasteiger partial charge in [0, 0.05) is 35.7 Å². The Labute approximate surface area is 193 Å². The number of primary amides is 1. The van der Waals surface area contributed by atoms with Gasteiger partial charge in [0.25, 0.3) is 5.91 Å². The van der Waals surface area contributed by atoms with E-state index in [-0.39, 0.29) is 23.1 Å². The van der Waals surface area contributed by atoms with Crippen LogP contribution in [0, 0.1) is 5.92 Å². The summed E-state index contributed by atoms with van der Waals surface area (Å²) in [5.41, 5.74) is 16.3. The van der Waals surface area contributed by atoms with Gasteiger partial charge in [-0.25, -0.2) is 5.43 Å². The SMILES string of the molecule is CCC1=CC(=O)NNC1(CCCC(CC)C(N)=O)c1ccc2c(c1)C(C)(C)CN2C(C)C. The molecule has 1 aromatic rings. The Morgan fingerprint density at radius 1 is 1.25 bits per heavy atom. The minimum Gasteiger partial charge on any atom is -0.369 e. The predicted molar refractivity (Wildman–Crippen MR) is 130 cm³/mol. The number of carbonyl (C=O) groups is 2. The second kappa shape index (κ2) is 9.26. The summed E-state index contributed by atoms with van der Waals surface area (Å²) < 4.78 is 0. The van der Waals surface area contributed by atoms with Crippen LogP contribution in [0.1, 0.15) is 84.8 Å². The van der Waals surface area contributed by atoms with Gasteiger partial charge in [0.05, 0.1) is 5.54 Å².